The first-order valence-electron chi connectivity index (χ1n) is 3.40. The van der Waals surface area contributed by atoms with E-state index in [1.54, 1.807) is 0 Å². The summed E-state index contributed by atoms with van der Waals surface area (Å²) in [5.74, 6) is -3.19. The second-order valence-electron chi connectivity index (χ2n) is 2.32. The molecule has 0 spiro atoms. The van der Waals surface area contributed by atoms with E-state index in [0.717, 1.165) is 0 Å². The molecule has 0 bridgehead atoms. The van der Waals surface area contributed by atoms with Crippen LogP contribution in [0.15, 0.2) is 0 Å². The molecule has 0 fully saturated rings. The molecule has 0 aromatic rings. The molecule has 7 heteroatoms. The van der Waals surface area contributed by atoms with Crippen molar-refractivity contribution in [2.24, 2.45) is 5.73 Å². The Morgan fingerprint density at radius 1 is 1.31 bits per heavy atom. The van der Waals surface area contributed by atoms with Gasteiger partial charge in [0.25, 0.3) is 0 Å². The average Bonchev–Trinajstić information content (AvgIpc) is 2.00. The van der Waals surface area contributed by atoms with Crippen molar-refractivity contribution >= 4 is 17.8 Å². The Morgan fingerprint density at radius 2 is 1.85 bits per heavy atom. The third kappa shape index (κ3) is 5.62. The number of carbonyl (C=O) groups is 3. The number of carboxylic acid groups (broad SMARTS) is 2. The second-order valence-corrected chi connectivity index (χ2v) is 2.32. The van der Waals surface area contributed by atoms with Crippen LogP contribution in [0.5, 0.6) is 0 Å². The lowest BCUT2D eigenvalue weighted by Gasteiger charge is -2.05. The summed E-state index contributed by atoms with van der Waals surface area (Å²) in [6.07, 6.45) is -0.428. The standard InChI is InChI=1S/C6H10N2O5/c7-3(6(12)13)1-4(9)8-2-5(10)11/h3H,1-2,7H2,(H,8,9)(H,10,11)(H,12,13)/t3-/m0/s1. The Kier molecular flexibility index (Phi) is 4.45. The van der Waals surface area contributed by atoms with Gasteiger partial charge in [0, 0.05) is 0 Å². The van der Waals surface area contributed by atoms with Gasteiger partial charge in [-0.3, -0.25) is 14.4 Å². The van der Waals surface area contributed by atoms with E-state index < -0.39 is 36.9 Å². The van der Waals surface area contributed by atoms with E-state index in [1.165, 1.54) is 0 Å². The molecular weight excluding hydrogens is 180 g/mol. The van der Waals surface area contributed by atoms with Gasteiger partial charge in [0.05, 0.1) is 6.42 Å². The van der Waals surface area contributed by atoms with Gasteiger partial charge in [-0.25, -0.2) is 0 Å². The number of hydrogen-bond donors (Lipinski definition) is 4. The van der Waals surface area contributed by atoms with Crippen LogP contribution in [-0.4, -0.2) is 40.6 Å². The van der Waals surface area contributed by atoms with Gasteiger partial charge in [-0.05, 0) is 0 Å². The predicted octanol–water partition coefficient (Wildman–Crippen LogP) is -2.01. The lowest BCUT2D eigenvalue weighted by atomic mass is 10.2. The first kappa shape index (κ1) is 11.4. The van der Waals surface area contributed by atoms with Crippen molar-refractivity contribution in [3.8, 4) is 0 Å². The number of carboxylic acids is 2. The smallest absolute Gasteiger partial charge is 0.322 e. The maximum atomic E-state index is 10.7. The number of nitrogens with one attached hydrogen (secondary N) is 1. The second kappa shape index (κ2) is 5.09. The minimum Gasteiger partial charge on any atom is -0.480 e. The molecule has 0 saturated heterocycles. The van der Waals surface area contributed by atoms with Crippen molar-refractivity contribution in [2.45, 2.75) is 12.5 Å². The minimum absolute atomic E-state index is 0.428. The third-order valence-corrected chi connectivity index (χ3v) is 1.16. The molecule has 0 rings (SSSR count). The summed E-state index contributed by atoms with van der Waals surface area (Å²) >= 11 is 0. The summed E-state index contributed by atoms with van der Waals surface area (Å²) in [5.41, 5.74) is 5.02. The van der Waals surface area contributed by atoms with E-state index in [9.17, 15) is 14.4 Å². The van der Waals surface area contributed by atoms with E-state index in [2.05, 4.69) is 0 Å². The van der Waals surface area contributed by atoms with E-state index >= 15 is 0 Å². The van der Waals surface area contributed by atoms with Crippen molar-refractivity contribution in [2.75, 3.05) is 6.54 Å². The van der Waals surface area contributed by atoms with Crippen LogP contribution in [-0.2, 0) is 14.4 Å². The molecule has 0 aliphatic carbocycles. The molecule has 0 radical (unpaired) electrons. The van der Waals surface area contributed by atoms with Crippen LogP contribution in [0.25, 0.3) is 0 Å². The van der Waals surface area contributed by atoms with Gasteiger partial charge in [-0.1, -0.05) is 0 Å². The minimum atomic E-state index is -1.30. The van der Waals surface area contributed by atoms with Crippen molar-refractivity contribution < 1.29 is 24.6 Å². The zero-order valence-corrected chi connectivity index (χ0v) is 6.69. The van der Waals surface area contributed by atoms with Crippen LogP contribution in [0.2, 0.25) is 0 Å². The molecule has 74 valence electrons. The Morgan fingerprint density at radius 3 is 2.23 bits per heavy atom. The van der Waals surface area contributed by atoms with Crippen LogP contribution in [0.4, 0.5) is 0 Å². The maximum Gasteiger partial charge on any atom is 0.322 e. The number of nitrogens with two attached hydrogens (primary N) is 1. The van der Waals surface area contributed by atoms with Crippen LogP contribution >= 0.6 is 0 Å². The van der Waals surface area contributed by atoms with Gasteiger partial charge >= 0.3 is 11.9 Å². The van der Waals surface area contributed by atoms with Gasteiger partial charge in [0.1, 0.15) is 12.6 Å². The van der Waals surface area contributed by atoms with Crippen LogP contribution in [0, 0.1) is 0 Å². The highest BCUT2D eigenvalue weighted by Gasteiger charge is 2.16. The third-order valence-electron chi connectivity index (χ3n) is 1.16. The first-order valence-corrected chi connectivity index (χ1v) is 3.40. The molecular formula is C6H10N2O5. The number of carbonyl (C=O) groups excluding carboxylic acids is 1. The normalized spacial score (nSPS) is 11.8. The quantitative estimate of drug-likeness (QED) is 0.396. The first-order chi connectivity index (χ1) is 5.93. The van der Waals surface area contributed by atoms with E-state index in [1.807, 2.05) is 5.32 Å². The van der Waals surface area contributed by atoms with Gasteiger partial charge in [-0.15, -0.1) is 0 Å². The molecule has 0 aromatic carbocycles. The fraction of sp³-hybridized carbons (Fsp3) is 0.500. The fourth-order valence-corrected chi connectivity index (χ4v) is 0.533. The van der Waals surface area contributed by atoms with Gasteiger partial charge < -0.3 is 21.3 Å². The van der Waals surface area contributed by atoms with Crippen molar-refractivity contribution in [3.63, 3.8) is 0 Å². The highest BCUT2D eigenvalue weighted by Crippen LogP contribution is 1.87. The number of amides is 1. The molecule has 0 unspecified atom stereocenters. The fourth-order valence-electron chi connectivity index (χ4n) is 0.533. The van der Waals surface area contributed by atoms with Crippen molar-refractivity contribution in [1.82, 2.24) is 5.32 Å². The molecule has 0 aliphatic rings. The van der Waals surface area contributed by atoms with E-state index in [4.69, 9.17) is 15.9 Å². The SMILES string of the molecule is N[C@@H](CC(=O)NCC(=O)O)C(=O)O. The summed E-state index contributed by atoms with van der Waals surface area (Å²) in [5, 5.41) is 18.4. The maximum absolute atomic E-state index is 10.7. The highest BCUT2D eigenvalue weighted by molar-refractivity contribution is 5.86. The molecule has 7 nitrogen and oxygen atoms in total. The van der Waals surface area contributed by atoms with Gasteiger partial charge in [0.15, 0.2) is 0 Å². The van der Waals surface area contributed by atoms with Gasteiger partial charge in [0.2, 0.25) is 5.91 Å². The lowest BCUT2D eigenvalue weighted by molar-refractivity contribution is -0.140. The van der Waals surface area contributed by atoms with Crippen LogP contribution < -0.4 is 11.1 Å². The van der Waals surface area contributed by atoms with Crippen molar-refractivity contribution in [3.05, 3.63) is 0 Å². The predicted molar refractivity (Wildman–Crippen MR) is 40.9 cm³/mol. The van der Waals surface area contributed by atoms with Gasteiger partial charge in [-0.2, -0.15) is 0 Å². The molecule has 1 atom stereocenters. The summed E-state index contributed by atoms with van der Waals surface area (Å²) in [4.78, 5) is 30.9. The molecule has 0 aliphatic heterocycles. The molecule has 5 N–H and O–H groups in total. The number of hydrogen-bond acceptors (Lipinski definition) is 4. The van der Waals surface area contributed by atoms with Crippen molar-refractivity contribution in [1.29, 1.82) is 0 Å². The number of aliphatic carboxylic acids is 2. The summed E-state index contributed by atoms with van der Waals surface area (Å²) in [7, 11) is 0. The molecule has 0 heterocycles. The van der Waals surface area contributed by atoms with Crippen LogP contribution in [0.3, 0.4) is 0 Å². The summed E-state index contributed by atoms with van der Waals surface area (Å²) < 4.78 is 0. The Hall–Kier alpha value is -1.63. The Balaban J connectivity index is 3.74. The topological polar surface area (TPSA) is 130 Å². The molecule has 0 aromatic heterocycles. The molecule has 13 heavy (non-hydrogen) atoms. The zero-order chi connectivity index (χ0) is 10.4. The summed E-state index contributed by atoms with van der Waals surface area (Å²) in [6.45, 7) is -0.537. The zero-order valence-electron chi connectivity index (χ0n) is 6.69. The molecule has 1 amide bonds. The Bertz CT molecular complexity index is 227. The average molecular weight is 190 g/mol. The monoisotopic (exact) mass is 190 g/mol. The summed E-state index contributed by atoms with van der Waals surface area (Å²) in [6, 6.07) is -1.30. The van der Waals surface area contributed by atoms with E-state index in [0.29, 0.717) is 0 Å². The highest BCUT2D eigenvalue weighted by atomic mass is 16.4. The number of rotatable bonds is 5. The largest absolute Gasteiger partial charge is 0.480 e. The van der Waals surface area contributed by atoms with E-state index in [-0.39, 0.29) is 0 Å². The van der Waals surface area contributed by atoms with Crippen LogP contribution in [0.1, 0.15) is 6.42 Å². The Labute approximate surface area is 73.5 Å². The molecule has 0 saturated carbocycles. The lowest BCUT2D eigenvalue weighted by Crippen LogP contribution is -2.38.